The van der Waals surface area contributed by atoms with Crippen molar-refractivity contribution in [2.45, 2.75) is 6.42 Å². The molecule has 0 aromatic heterocycles. The summed E-state index contributed by atoms with van der Waals surface area (Å²) in [5, 5.41) is 9.60. The predicted octanol–water partition coefficient (Wildman–Crippen LogP) is 3.45. The third-order valence-electron chi connectivity index (χ3n) is 3.53. The van der Waals surface area contributed by atoms with Crippen LogP contribution >= 0.6 is 11.6 Å². The molecule has 1 heterocycles. The quantitative estimate of drug-likeness (QED) is 0.834. The maximum atomic E-state index is 13.5. The molecule has 0 spiro atoms. The summed E-state index contributed by atoms with van der Waals surface area (Å²) in [6.07, 6.45) is 0.704. The van der Waals surface area contributed by atoms with Crippen LogP contribution < -0.4 is 10.6 Å². The van der Waals surface area contributed by atoms with E-state index in [1.165, 1.54) is 24.3 Å². The Bertz CT molecular complexity index is 749. The summed E-state index contributed by atoms with van der Waals surface area (Å²) >= 11 is 6.19. The highest BCUT2D eigenvalue weighted by Crippen LogP contribution is 2.41. The molecule has 0 fully saturated rings. The van der Waals surface area contributed by atoms with Crippen LogP contribution in [0.25, 0.3) is 0 Å². The van der Waals surface area contributed by atoms with Crippen LogP contribution in [0, 0.1) is 5.82 Å². The summed E-state index contributed by atoms with van der Waals surface area (Å²) in [4.78, 5) is 13.2. The van der Waals surface area contributed by atoms with Crippen LogP contribution in [0.5, 0.6) is 0 Å². The standard InChI is InChI=1S/C15H12ClFN2O2/c16-12-7-10(18)6-11(15(20)21)14(12)19-4-3-8-1-2-9(17)5-13(8)19/h1-2,5-7H,3-4,18H2,(H,20,21). The molecule has 0 bridgehead atoms. The maximum absolute atomic E-state index is 13.5. The normalized spacial score (nSPS) is 13.3. The summed E-state index contributed by atoms with van der Waals surface area (Å²) in [5.74, 6) is -1.49. The molecule has 6 heteroatoms. The van der Waals surface area contributed by atoms with E-state index in [0.717, 1.165) is 5.56 Å². The predicted molar refractivity (Wildman–Crippen MR) is 79.9 cm³/mol. The molecule has 3 N–H and O–H groups in total. The van der Waals surface area contributed by atoms with E-state index in [2.05, 4.69) is 0 Å². The average molecular weight is 307 g/mol. The summed E-state index contributed by atoms with van der Waals surface area (Å²) in [7, 11) is 0. The zero-order chi connectivity index (χ0) is 15.1. The number of carbonyl (C=O) groups is 1. The Hall–Kier alpha value is -2.27. The molecule has 0 unspecified atom stereocenters. The Morgan fingerprint density at radius 1 is 1.33 bits per heavy atom. The molecular weight excluding hydrogens is 295 g/mol. The number of rotatable bonds is 2. The van der Waals surface area contributed by atoms with E-state index < -0.39 is 5.97 Å². The Morgan fingerprint density at radius 3 is 2.81 bits per heavy atom. The van der Waals surface area contributed by atoms with Crippen LogP contribution in [0.1, 0.15) is 15.9 Å². The van der Waals surface area contributed by atoms with Crippen LogP contribution in [0.3, 0.4) is 0 Å². The SMILES string of the molecule is Nc1cc(Cl)c(N2CCc3ccc(F)cc32)c(C(=O)O)c1. The lowest BCUT2D eigenvalue weighted by atomic mass is 10.1. The Labute approximate surface area is 125 Å². The fourth-order valence-electron chi connectivity index (χ4n) is 2.64. The number of nitrogen functional groups attached to an aromatic ring is 1. The van der Waals surface area contributed by atoms with Gasteiger partial charge in [0.15, 0.2) is 0 Å². The van der Waals surface area contributed by atoms with E-state index in [1.54, 1.807) is 11.0 Å². The van der Waals surface area contributed by atoms with Gasteiger partial charge in [-0.05, 0) is 36.2 Å². The number of hydrogen-bond donors (Lipinski definition) is 2. The molecular formula is C15H12ClFN2O2. The van der Waals surface area contributed by atoms with Gasteiger partial charge in [0.05, 0.1) is 16.3 Å². The van der Waals surface area contributed by atoms with Gasteiger partial charge in [0, 0.05) is 17.9 Å². The van der Waals surface area contributed by atoms with E-state index in [-0.39, 0.29) is 22.1 Å². The number of nitrogens with zero attached hydrogens (tertiary/aromatic N) is 1. The molecule has 3 rings (SSSR count). The van der Waals surface area contributed by atoms with Gasteiger partial charge in [0.25, 0.3) is 0 Å². The van der Waals surface area contributed by atoms with Crippen molar-refractivity contribution in [2.75, 3.05) is 17.2 Å². The van der Waals surface area contributed by atoms with Crippen molar-refractivity contribution in [3.8, 4) is 0 Å². The second-order valence-corrected chi connectivity index (χ2v) is 5.29. The number of halogens is 2. The first kappa shape index (κ1) is 13.7. The van der Waals surface area contributed by atoms with Gasteiger partial charge in [0.1, 0.15) is 5.82 Å². The highest BCUT2D eigenvalue weighted by molar-refractivity contribution is 6.34. The number of benzene rings is 2. The van der Waals surface area contributed by atoms with Crippen molar-refractivity contribution in [1.29, 1.82) is 0 Å². The molecule has 1 aliphatic rings. The van der Waals surface area contributed by atoms with Crippen molar-refractivity contribution >= 4 is 34.6 Å². The summed E-state index contributed by atoms with van der Waals surface area (Å²) in [6, 6.07) is 7.35. The Kier molecular flexibility index (Phi) is 3.22. The lowest BCUT2D eigenvalue weighted by molar-refractivity contribution is 0.0697. The van der Waals surface area contributed by atoms with Crippen molar-refractivity contribution in [2.24, 2.45) is 0 Å². The zero-order valence-electron chi connectivity index (χ0n) is 10.9. The molecule has 0 saturated heterocycles. The van der Waals surface area contributed by atoms with Gasteiger partial charge in [-0.2, -0.15) is 0 Å². The second-order valence-electron chi connectivity index (χ2n) is 4.88. The van der Waals surface area contributed by atoms with Crippen molar-refractivity contribution in [3.05, 3.63) is 52.3 Å². The second kappa shape index (κ2) is 4.93. The van der Waals surface area contributed by atoms with Crippen molar-refractivity contribution in [3.63, 3.8) is 0 Å². The third-order valence-corrected chi connectivity index (χ3v) is 3.82. The molecule has 0 saturated carbocycles. The van der Waals surface area contributed by atoms with Gasteiger partial charge < -0.3 is 15.7 Å². The van der Waals surface area contributed by atoms with Crippen LogP contribution in [0.2, 0.25) is 5.02 Å². The fourth-order valence-corrected chi connectivity index (χ4v) is 2.97. The molecule has 0 aliphatic carbocycles. The Morgan fingerprint density at radius 2 is 2.10 bits per heavy atom. The lowest BCUT2D eigenvalue weighted by Crippen LogP contribution is -2.18. The number of nitrogens with two attached hydrogens (primary N) is 1. The molecule has 1 aliphatic heterocycles. The highest BCUT2D eigenvalue weighted by atomic mass is 35.5. The van der Waals surface area contributed by atoms with E-state index in [0.29, 0.717) is 24.3 Å². The topological polar surface area (TPSA) is 66.6 Å². The Balaban J connectivity index is 2.20. The van der Waals surface area contributed by atoms with Gasteiger partial charge >= 0.3 is 5.97 Å². The van der Waals surface area contributed by atoms with Crippen molar-refractivity contribution < 1.29 is 14.3 Å². The number of fused-ring (bicyclic) bond motifs is 1. The summed E-state index contributed by atoms with van der Waals surface area (Å²) in [5.41, 5.74) is 7.90. The number of anilines is 3. The molecule has 0 amide bonds. The summed E-state index contributed by atoms with van der Waals surface area (Å²) in [6.45, 7) is 0.544. The van der Waals surface area contributed by atoms with E-state index >= 15 is 0 Å². The number of aromatic carboxylic acids is 1. The largest absolute Gasteiger partial charge is 0.478 e. The van der Waals surface area contributed by atoms with E-state index in [1.807, 2.05) is 0 Å². The molecule has 2 aromatic carbocycles. The molecule has 4 nitrogen and oxygen atoms in total. The first-order valence-corrected chi connectivity index (χ1v) is 6.73. The number of carboxylic acid groups (broad SMARTS) is 1. The smallest absolute Gasteiger partial charge is 0.337 e. The van der Waals surface area contributed by atoms with Crippen LogP contribution in [0.15, 0.2) is 30.3 Å². The van der Waals surface area contributed by atoms with Gasteiger partial charge in [-0.1, -0.05) is 17.7 Å². The fraction of sp³-hybridized carbons (Fsp3) is 0.133. The third kappa shape index (κ3) is 2.29. The van der Waals surface area contributed by atoms with Gasteiger partial charge in [0.2, 0.25) is 0 Å². The minimum absolute atomic E-state index is 0.0112. The first-order chi connectivity index (χ1) is 9.97. The highest BCUT2D eigenvalue weighted by Gasteiger charge is 2.27. The van der Waals surface area contributed by atoms with Crippen molar-refractivity contribution in [1.82, 2.24) is 0 Å². The van der Waals surface area contributed by atoms with Gasteiger partial charge in [-0.25, -0.2) is 9.18 Å². The van der Waals surface area contributed by atoms with Crippen LogP contribution in [-0.4, -0.2) is 17.6 Å². The zero-order valence-corrected chi connectivity index (χ0v) is 11.7. The molecule has 108 valence electrons. The maximum Gasteiger partial charge on any atom is 0.337 e. The minimum atomic E-state index is -1.12. The van der Waals surface area contributed by atoms with Gasteiger partial charge in [-0.3, -0.25) is 0 Å². The minimum Gasteiger partial charge on any atom is -0.478 e. The molecule has 0 radical (unpaired) electrons. The van der Waals surface area contributed by atoms with E-state index in [9.17, 15) is 14.3 Å². The number of carboxylic acids is 1. The lowest BCUT2D eigenvalue weighted by Gasteiger charge is -2.23. The average Bonchev–Trinajstić information content (AvgIpc) is 2.80. The molecule has 2 aromatic rings. The molecule has 0 atom stereocenters. The van der Waals surface area contributed by atoms with E-state index in [4.69, 9.17) is 17.3 Å². The first-order valence-electron chi connectivity index (χ1n) is 6.35. The molecule has 21 heavy (non-hydrogen) atoms. The number of hydrogen-bond acceptors (Lipinski definition) is 3. The van der Waals surface area contributed by atoms with Crippen LogP contribution in [0.4, 0.5) is 21.5 Å². The van der Waals surface area contributed by atoms with Gasteiger partial charge in [-0.15, -0.1) is 0 Å². The van der Waals surface area contributed by atoms with Crippen LogP contribution in [-0.2, 0) is 6.42 Å². The monoisotopic (exact) mass is 306 g/mol. The summed E-state index contributed by atoms with van der Waals surface area (Å²) < 4.78 is 13.5.